The van der Waals surface area contributed by atoms with E-state index in [1.165, 1.54) is 0 Å². The molecule has 0 aliphatic carbocycles. The molecule has 0 atom stereocenters. The van der Waals surface area contributed by atoms with Gasteiger partial charge in [0.1, 0.15) is 22.9 Å². The first-order valence-electron chi connectivity index (χ1n) is 13.9. The average Bonchev–Trinajstić information content (AvgIpc) is 3.32. The van der Waals surface area contributed by atoms with E-state index in [-0.39, 0.29) is 11.9 Å². The zero-order valence-corrected chi connectivity index (χ0v) is 23.8. The lowest BCUT2D eigenvalue weighted by atomic mass is 9.97. The molecule has 0 saturated carbocycles. The Labute approximate surface area is 227 Å². The van der Waals surface area contributed by atoms with Crippen molar-refractivity contribution in [2.24, 2.45) is 0 Å². The van der Waals surface area contributed by atoms with E-state index in [1.54, 1.807) is 7.11 Å². The maximum Gasteiger partial charge on any atom is 0.354 e. The van der Waals surface area contributed by atoms with Gasteiger partial charge in [-0.25, -0.2) is 4.79 Å². The minimum Gasteiger partial charge on any atom is -0.497 e. The molecule has 0 spiro atoms. The minimum atomic E-state index is -0.343. The second-order valence-corrected chi connectivity index (χ2v) is 9.70. The zero-order valence-electron chi connectivity index (χ0n) is 23.8. The van der Waals surface area contributed by atoms with Crippen molar-refractivity contribution in [3.05, 3.63) is 65.4 Å². The molecule has 0 saturated heterocycles. The highest BCUT2D eigenvalue weighted by atomic mass is 16.5. The summed E-state index contributed by atoms with van der Waals surface area (Å²) in [6, 6.07) is 15.9. The fourth-order valence-electron chi connectivity index (χ4n) is 4.30. The smallest absolute Gasteiger partial charge is 0.354 e. The Morgan fingerprint density at radius 1 is 0.868 bits per heavy atom. The molecule has 3 rings (SSSR count). The van der Waals surface area contributed by atoms with E-state index in [4.69, 9.17) is 18.9 Å². The number of carbonyl (C=O) groups excluding carboxylic acids is 1. The number of unbranched alkanes of at least 4 members (excludes halogenated alkanes) is 2. The van der Waals surface area contributed by atoms with Crippen LogP contribution in [0.25, 0.3) is 11.3 Å². The second kappa shape index (κ2) is 14.5. The highest BCUT2D eigenvalue weighted by molar-refractivity contribution is 5.90. The summed E-state index contributed by atoms with van der Waals surface area (Å²) in [5, 5.41) is 0. The Hall–Kier alpha value is -3.41. The Bertz CT molecular complexity index is 1160. The van der Waals surface area contributed by atoms with Crippen molar-refractivity contribution in [3.63, 3.8) is 0 Å². The largest absolute Gasteiger partial charge is 0.497 e. The summed E-state index contributed by atoms with van der Waals surface area (Å²) in [6.07, 6.45) is 4.07. The molecule has 206 valence electrons. The van der Waals surface area contributed by atoms with Crippen LogP contribution >= 0.6 is 0 Å². The lowest BCUT2D eigenvalue weighted by Crippen LogP contribution is -2.14. The number of nitrogens with zero attached hydrogens (tertiary/aromatic N) is 1. The van der Waals surface area contributed by atoms with E-state index in [2.05, 4.69) is 33.8 Å². The number of esters is 1. The molecule has 2 aromatic carbocycles. The third-order valence-electron chi connectivity index (χ3n) is 6.49. The lowest BCUT2D eigenvalue weighted by molar-refractivity contribution is 0.0514. The van der Waals surface area contributed by atoms with Gasteiger partial charge < -0.3 is 23.5 Å². The third kappa shape index (κ3) is 7.33. The molecule has 1 heterocycles. The van der Waals surface area contributed by atoms with Crippen molar-refractivity contribution >= 4 is 5.97 Å². The van der Waals surface area contributed by atoms with Gasteiger partial charge in [0.15, 0.2) is 0 Å². The first-order valence-corrected chi connectivity index (χ1v) is 13.9. The van der Waals surface area contributed by atoms with Gasteiger partial charge in [-0.2, -0.15) is 0 Å². The third-order valence-corrected chi connectivity index (χ3v) is 6.49. The van der Waals surface area contributed by atoms with Crippen LogP contribution in [0, 0.1) is 0 Å². The summed E-state index contributed by atoms with van der Waals surface area (Å²) in [5.74, 6) is 2.33. The molecule has 38 heavy (non-hydrogen) atoms. The van der Waals surface area contributed by atoms with Crippen LogP contribution in [0.5, 0.6) is 17.2 Å². The second-order valence-electron chi connectivity index (χ2n) is 9.70. The monoisotopic (exact) mass is 521 g/mol. The number of carbonyl (C=O) groups is 1. The topological polar surface area (TPSA) is 58.9 Å². The summed E-state index contributed by atoms with van der Waals surface area (Å²) in [7, 11) is 1.65. The van der Waals surface area contributed by atoms with Gasteiger partial charge in [0.25, 0.3) is 0 Å². The van der Waals surface area contributed by atoms with Crippen LogP contribution in [0.15, 0.2) is 48.5 Å². The van der Waals surface area contributed by atoms with Crippen LogP contribution < -0.4 is 14.2 Å². The van der Waals surface area contributed by atoms with Crippen molar-refractivity contribution in [3.8, 4) is 28.5 Å². The van der Waals surface area contributed by atoms with Crippen LogP contribution in [0.4, 0.5) is 0 Å². The van der Waals surface area contributed by atoms with Crippen molar-refractivity contribution in [2.75, 3.05) is 26.9 Å². The minimum absolute atomic E-state index is 0.254. The molecule has 0 radical (unpaired) electrons. The molecule has 0 unspecified atom stereocenters. The van der Waals surface area contributed by atoms with Gasteiger partial charge in [-0.1, -0.05) is 52.7 Å². The molecule has 1 aromatic heterocycles. The van der Waals surface area contributed by atoms with Crippen molar-refractivity contribution < 1.29 is 23.7 Å². The summed E-state index contributed by atoms with van der Waals surface area (Å²) in [6.45, 7) is 12.6. The van der Waals surface area contributed by atoms with Crippen molar-refractivity contribution in [1.82, 2.24) is 4.57 Å². The molecular weight excluding hydrogens is 478 g/mol. The van der Waals surface area contributed by atoms with E-state index >= 15 is 0 Å². The summed E-state index contributed by atoms with van der Waals surface area (Å²) in [5.41, 5.74) is 4.51. The quantitative estimate of drug-likeness (QED) is 0.150. The fourth-order valence-corrected chi connectivity index (χ4v) is 4.30. The van der Waals surface area contributed by atoms with Gasteiger partial charge in [-0.05, 0) is 67.1 Å². The number of ether oxygens (including phenoxy) is 4. The Balaban J connectivity index is 2.15. The summed E-state index contributed by atoms with van der Waals surface area (Å²) in [4.78, 5) is 13.0. The van der Waals surface area contributed by atoms with Gasteiger partial charge in [0, 0.05) is 18.2 Å². The number of benzene rings is 2. The lowest BCUT2D eigenvalue weighted by Gasteiger charge is -2.21. The maximum atomic E-state index is 13.0. The van der Waals surface area contributed by atoms with E-state index in [9.17, 15) is 4.79 Å². The highest BCUT2D eigenvalue weighted by Crippen LogP contribution is 2.40. The molecule has 0 aliphatic heterocycles. The number of hydrogen-bond donors (Lipinski definition) is 0. The average molecular weight is 522 g/mol. The molecule has 0 bridgehead atoms. The number of aromatic nitrogens is 1. The first-order chi connectivity index (χ1) is 18.4. The molecule has 0 aliphatic rings. The van der Waals surface area contributed by atoms with E-state index in [0.717, 1.165) is 65.3 Å². The Morgan fingerprint density at radius 3 is 2.11 bits per heavy atom. The molecular formula is C32H43NO5. The summed E-state index contributed by atoms with van der Waals surface area (Å²) >= 11 is 0. The van der Waals surface area contributed by atoms with Gasteiger partial charge in [0.2, 0.25) is 0 Å². The molecule has 6 heteroatoms. The van der Waals surface area contributed by atoms with Crippen LogP contribution in [-0.2, 0) is 11.3 Å². The zero-order chi connectivity index (χ0) is 27.5. The number of hydrogen-bond acceptors (Lipinski definition) is 5. The Kier molecular flexibility index (Phi) is 11.1. The van der Waals surface area contributed by atoms with Crippen LogP contribution in [0.1, 0.15) is 87.8 Å². The highest BCUT2D eigenvalue weighted by Gasteiger charge is 2.22. The van der Waals surface area contributed by atoms with Gasteiger partial charge in [-0.3, -0.25) is 0 Å². The molecule has 0 N–H and O–H groups in total. The fraction of sp³-hybridized carbons (Fsp3) is 0.469. The predicted molar refractivity (Wildman–Crippen MR) is 153 cm³/mol. The van der Waals surface area contributed by atoms with Gasteiger partial charge >= 0.3 is 5.97 Å². The predicted octanol–water partition coefficient (Wildman–Crippen LogP) is 7.87. The van der Waals surface area contributed by atoms with E-state index < -0.39 is 0 Å². The first kappa shape index (κ1) is 29.2. The summed E-state index contributed by atoms with van der Waals surface area (Å²) < 4.78 is 25.3. The molecule has 0 fully saturated rings. The van der Waals surface area contributed by atoms with Crippen molar-refractivity contribution in [2.45, 2.75) is 72.8 Å². The molecule has 6 nitrogen and oxygen atoms in total. The SMILES string of the molecule is CCCCOc1cc(OCCCC)c(C(C)C)cc1-c1ccc(C(=O)OCC)n1Cc1ccc(OC)cc1. The van der Waals surface area contributed by atoms with Gasteiger partial charge in [-0.15, -0.1) is 0 Å². The van der Waals surface area contributed by atoms with Crippen LogP contribution in [0.2, 0.25) is 0 Å². The molecule has 3 aromatic rings. The van der Waals surface area contributed by atoms with Crippen LogP contribution in [-0.4, -0.2) is 37.5 Å². The van der Waals surface area contributed by atoms with E-state index in [1.807, 2.05) is 54.0 Å². The standard InChI is InChI=1S/C32H43NO5/c1-7-10-18-37-30-21-31(38-19-11-8-2)27(20-26(30)23(4)5)28-16-17-29(32(34)36-9-3)33(28)22-24-12-14-25(35-6)15-13-24/h12-17,20-21,23H,7-11,18-19,22H2,1-6H3. The van der Waals surface area contributed by atoms with Crippen molar-refractivity contribution in [1.29, 1.82) is 0 Å². The number of methoxy groups -OCH3 is 1. The molecule has 0 amide bonds. The van der Waals surface area contributed by atoms with Crippen LogP contribution in [0.3, 0.4) is 0 Å². The Morgan fingerprint density at radius 2 is 1.53 bits per heavy atom. The maximum absolute atomic E-state index is 13.0. The van der Waals surface area contributed by atoms with E-state index in [0.29, 0.717) is 32.1 Å². The van der Waals surface area contributed by atoms with Gasteiger partial charge in [0.05, 0.1) is 32.6 Å². The number of rotatable bonds is 15. The normalized spacial score (nSPS) is 11.0.